The van der Waals surface area contributed by atoms with Crippen LogP contribution in [0.25, 0.3) is 22.6 Å². The Bertz CT molecular complexity index is 987. The van der Waals surface area contributed by atoms with Crippen molar-refractivity contribution in [3.8, 4) is 11.5 Å². The molecule has 1 aliphatic rings. The minimum atomic E-state index is -0.245. The van der Waals surface area contributed by atoms with Gasteiger partial charge in [-0.05, 0) is 49.2 Å². The molecule has 0 saturated carbocycles. The van der Waals surface area contributed by atoms with Gasteiger partial charge in [-0.1, -0.05) is 13.0 Å². The van der Waals surface area contributed by atoms with Crippen LogP contribution in [0.4, 0.5) is 0 Å². The van der Waals surface area contributed by atoms with Gasteiger partial charge in [0.05, 0.1) is 11.1 Å². The molecule has 0 atom stereocenters. The lowest BCUT2D eigenvalue weighted by Crippen LogP contribution is -2.30. The smallest absolute Gasteiger partial charge is 0.261 e. The highest BCUT2D eigenvalue weighted by Crippen LogP contribution is 2.30. The van der Waals surface area contributed by atoms with E-state index in [1.807, 2.05) is 32.0 Å². The summed E-state index contributed by atoms with van der Waals surface area (Å²) in [6.45, 7) is 4.37. The van der Waals surface area contributed by atoms with E-state index in [0.717, 1.165) is 17.5 Å². The first kappa shape index (κ1) is 14.6. The maximum atomic E-state index is 12.5. The molecule has 1 aliphatic heterocycles. The van der Waals surface area contributed by atoms with Crippen LogP contribution < -0.4 is 0 Å². The Morgan fingerprint density at radius 2 is 1.83 bits per heavy atom. The van der Waals surface area contributed by atoms with E-state index in [1.165, 1.54) is 4.90 Å². The SMILES string of the molecule is CCCN1C(=O)c2ccc(-c3nc4cc(C)ccc4o3)cc2C1=O. The van der Waals surface area contributed by atoms with Gasteiger partial charge in [-0.15, -0.1) is 0 Å². The Kier molecular flexibility index (Phi) is 3.23. The molecular weight excluding hydrogens is 304 g/mol. The van der Waals surface area contributed by atoms with Crippen LogP contribution in [-0.4, -0.2) is 28.2 Å². The number of benzene rings is 2. The van der Waals surface area contributed by atoms with Crippen molar-refractivity contribution in [1.29, 1.82) is 0 Å². The largest absolute Gasteiger partial charge is 0.436 e. The zero-order chi connectivity index (χ0) is 16.8. The molecule has 4 rings (SSSR count). The Morgan fingerprint density at radius 3 is 2.62 bits per heavy atom. The van der Waals surface area contributed by atoms with E-state index in [0.29, 0.717) is 34.7 Å². The first-order valence-corrected chi connectivity index (χ1v) is 7.96. The maximum Gasteiger partial charge on any atom is 0.261 e. The first-order chi connectivity index (χ1) is 11.6. The number of imide groups is 1. The fourth-order valence-electron chi connectivity index (χ4n) is 3.01. The number of nitrogens with zero attached hydrogens (tertiary/aromatic N) is 2. The van der Waals surface area contributed by atoms with Crippen LogP contribution in [0.3, 0.4) is 0 Å². The molecule has 0 spiro atoms. The molecule has 5 heteroatoms. The second-order valence-corrected chi connectivity index (χ2v) is 6.01. The minimum absolute atomic E-state index is 0.225. The van der Waals surface area contributed by atoms with E-state index < -0.39 is 0 Å². The molecule has 0 saturated heterocycles. The second kappa shape index (κ2) is 5.30. The highest BCUT2D eigenvalue weighted by atomic mass is 16.3. The third-order valence-corrected chi connectivity index (χ3v) is 4.21. The average Bonchev–Trinajstić information content (AvgIpc) is 3.09. The summed E-state index contributed by atoms with van der Waals surface area (Å²) in [6, 6.07) is 10.9. The molecule has 0 N–H and O–H groups in total. The molecule has 0 fully saturated rings. The first-order valence-electron chi connectivity index (χ1n) is 7.96. The number of carbonyl (C=O) groups excluding carboxylic acids is 2. The number of fused-ring (bicyclic) bond motifs is 2. The fraction of sp³-hybridized carbons (Fsp3) is 0.211. The van der Waals surface area contributed by atoms with E-state index in [4.69, 9.17) is 4.42 Å². The van der Waals surface area contributed by atoms with Gasteiger partial charge in [0.15, 0.2) is 5.58 Å². The molecule has 0 bridgehead atoms. The molecule has 120 valence electrons. The number of aromatic nitrogens is 1. The summed E-state index contributed by atoms with van der Waals surface area (Å²) < 4.78 is 5.78. The highest BCUT2D eigenvalue weighted by molar-refractivity contribution is 6.21. The van der Waals surface area contributed by atoms with Crippen LogP contribution >= 0.6 is 0 Å². The number of carbonyl (C=O) groups is 2. The van der Waals surface area contributed by atoms with Gasteiger partial charge >= 0.3 is 0 Å². The lowest BCUT2D eigenvalue weighted by Gasteiger charge is -2.11. The van der Waals surface area contributed by atoms with Gasteiger partial charge in [0, 0.05) is 12.1 Å². The van der Waals surface area contributed by atoms with Crippen molar-refractivity contribution < 1.29 is 14.0 Å². The molecule has 2 heterocycles. The van der Waals surface area contributed by atoms with E-state index in [-0.39, 0.29) is 11.8 Å². The number of oxazole rings is 1. The highest BCUT2D eigenvalue weighted by Gasteiger charge is 2.35. The van der Waals surface area contributed by atoms with Crippen LogP contribution in [-0.2, 0) is 0 Å². The van der Waals surface area contributed by atoms with Crippen LogP contribution in [0.2, 0.25) is 0 Å². The molecule has 0 radical (unpaired) electrons. The molecule has 2 amide bonds. The van der Waals surface area contributed by atoms with Crippen molar-refractivity contribution in [3.05, 3.63) is 53.1 Å². The van der Waals surface area contributed by atoms with Crippen LogP contribution in [0, 0.1) is 6.92 Å². The summed E-state index contributed by atoms with van der Waals surface area (Å²) >= 11 is 0. The molecule has 5 nitrogen and oxygen atoms in total. The zero-order valence-electron chi connectivity index (χ0n) is 13.5. The lowest BCUT2D eigenvalue weighted by molar-refractivity contribution is 0.0654. The van der Waals surface area contributed by atoms with Crippen molar-refractivity contribution in [2.75, 3.05) is 6.54 Å². The number of hydrogen-bond acceptors (Lipinski definition) is 4. The normalized spacial score (nSPS) is 13.8. The third-order valence-electron chi connectivity index (χ3n) is 4.21. The van der Waals surface area contributed by atoms with Gasteiger partial charge in [-0.2, -0.15) is 0 Å². The molecule has 1 aromatic heterocycles. The van der Waals surface area contributed by atoms with E-state index in [1.54, 1.807) is 18.2 Å². The van der Waals surface area contributed by atoms with Gasteiger partial charge in [0.25, 0.3) is 11.8 Å². The lowest BCUT2D eigenvalue weighted by atomic mass is 10.1. The third kappa shape index (κ3) is 2.12. The summed E-state index contributed by atoms with van der Waals surface area (Å²) in [6.07, 6.45) is 0.739. The Morgan fingerprint density at radius 1 is 1.04 bits per heavy atom. The molecule has 3 aromatic rings. The monoisotopic (exact) mass is 320 g/mol. The van der Waals surface area contributed by atoms with Crippen LogP contribution in [0.1, 0.15) is 39.6 Å². The molecule has 0 aliphatic carbocycles. The van der Waals surface area contributed by atoms with Gasteiger partial charge in [-0.3, -0.25) is 14.5 Å². The number of rotatable bonds is 3. The van der Waals surface area contributed by atoms with Gasteiger partial charge < -0.3 is 4.42 Å². The second-order valence-electron chi connectivity index (χ2n) is 6.01. The number of amides is 2. The van der Waals surface area contributed by atoms with Crippen molar-refractivity contribution in [3.63, 3.8) is 0 Å². The van der Waals surface area contributed by atoms with Gasteiger partial charge in [-0.25, -0.2) is 4.98 Å². The summed E-state index contributed by atoms with van der Waals surface area (Å²) in [5, 5.41) is 0. The number of aryl methyl sites for hydroxylation is 1. The van der Waals surface area contributed by atoms with Crippen LogP contribution in [0.5, 0.6) is 0 Å². The standard InChI is InChI=1S/C19H16N2O3/c1-3-8-21-18(22)13-6-5-12(10-14(13)19(21)23)17-20-15-9-11(2)4-7-16(15)24-17/h4-7,9-10H,3,8H2,1-2H3. The van der Waals surface area contributed by atoms with E-state index >= 15 is 0 Å². The fourth-order valence-corrected chi connectivity index (χ4v) is 3.01. The summed E-state index contributed by atoms with van der Waals surface area (Å²) in [4.78, 5) is 30.5. The summed E-state index contributed by atoms with van der Waals surface area (Å²) in [5.74, 6) is -0.0187. The molecule has 2 aromatic carbocycles. The summed E-state index contributed by atoms with van der Waals surface area (Å²) in [7, 11) is 0. The summed E-state index contributed by atoms with van der Waals surface area (Å²) in [5.41, 5.74) is 4.15. The molecular formula is C19H16N2O3. The number of hydrogen-bond donors (Lipinski definition) is 0. The minimum Gasteiger partial charge on any atom is -0.436 e. The maximum absolute atomic E-state index is 12.5. The molecule has 0 unspecified atom stereocenters. The average molecular weight is 320 g/mol. The molecule has 24 heavy (non-hydrogen) atoms. The quantitative estimate of drug-likeness (QED) is 0.688. The Hall–Kier alpha value is -2.95. The predicted molar refractivity (Wildman–Crippen MR) is 89.8 cm³/mol. The predicted octanol–water partition coefficient (Wildman–Crippen LogP) is 3.81. The van der Waals surface area contributed by atoms with Gasteiger partial charge in [0.2, 0.25) is 5.89 Å². The van der Waals surface area contributed by atoms with Crippen molar-refractivity contribution >= 4 is 22.9 Å². The van der Waals surface area contributed by atoms with E-state index in [9.17, 15) is 9.59 Å². The van der Waals surface area contributed by atoms with Gasteiger partial charge in [0.1, 0.15) is 5.52 Å². The van der Waals surface area contributed by atoms with Crippen LogP contribution in [0.15, 0.2) is 40.8 Å². The Labute approximate surface area is 138 Å². The topological polar surface area (TPSA) is 63.4 Å². The Balaban J connectivity index is 1.79. The van der Waals surface area contributed by atoms with Crippen molar-refractivity contribution in [1.82, 2.24) is 9.88 Å². The zero-order valence-corrected chi connectivity index (χ0v) is 13.5. The van der Waals surface area contributed by atoms with Crippen molar-refractivity contribution in [2.45, 2.75) is 20.3 Å². The van der Waals surface area contributed by atoms with Crippen molar-refractivity contribution in [2.24, 2.45) is 0 Å². The van der Waals surface area contributed by atoms with E-state index in [2.05, 4.69) is 4.98 Å².